The van der Waals surface area contributed by atoms with E-state index in [0.717, 1.165) is 11.1 Å². The Morgan fingerprint density at radius 1 is 0.944 bits per heavy atom. The van der Waals surface area contributed by atoms with Gasteiger partial charge in [0.1, 0.15) is 5.60 Å². The van der Waals surface area contributed by atoms with Gasteiger partial charge in [-0.1, -0.05) is 60.7 Å². The molecule has 0 aliphatic rings. The van der Waals surface area contributed by atoms with E-state index >= 15 is 0 Å². The second-order valence-corrected chi connectivity index (χ2v) is 4.77. The summed E-state index contributed by atoms with van der Waals surface area (Å²) in [6, 6.07) is 19.3. The summed E-state index contributed by atoms with van der Waals surface area (Å²) in [5, 5.41) is 11.0. The second-order valence-electron chi connectivity index (χ2n) is 4.77. The third kappa shape index (κ3) is 2.61. The summed E-state index contributed by atoms with van der Waals surface area (Å²) in [6.07, 6.45) is 0.501. The van der Waals surface area contributed by atoms with Gasteiger partial charge in [0.25, 0.3) is 0 Å². The van der Waals surface area contributed by atoms with E-state index in [1.165, 1.54) is 0 Å². The van der Waals surface area contributed by atoms with Crippen molar-refractivity contribution in [1.29, 1.82) is 0 Å². The predicted octanol–water partition coefficient (Wildman–Crippen LogP) is 2.66. The van der Waals surface area contributed by atoms with Crippen molar-refractivity contribution in [3.8, 4) is 0 Å². The summed E-state index contributed by atoms with van der Waals surface area (Å²) in [5.41, 5.74) is 6.64. The SMILES string of the molecule is C[C@H](N)CC(O)(c1ccccc1)c1ccccc1. The van der Waals surface area contributed by atoms with E-state index in [1.807, 2.05) is 67.6 Å². The molecule has 0 saturated heterocycles. The molecule has 2 heteroatoms. The molecule has 2 nitrogen and oxygen atoms in total. The van der Waals surface area contributed by atoms with Crippen molar-refractivity contribution in [1.82, 2.24) is 0 Å². The van der Waals surface area contributed by atoms with Gasteiger partial charge < -0.3 is 10.8 Å². The van der Waals surface area contributed by atoms with Gasteiger partial charge in [-0.3, -0.25) is 0 Å². The molecule has 3 N–H and O–H groups in total. The van der Waals surface area contributed by atoms with Gasteiger partial charge in [-0.05, 0) is 24.5 Å². The molecule has 2 aromatic rings. The Morgan fingerprint density at radius 2 is 1.33 bits per heavy atom. The molecule has 2 aromatic carbocycles. The van der Waals surface area contributed by atoms with Crippen LogP contribution < -0.4 is 5.73 Å². The lowest BCUT2D eigenvalue weighted by molar-refractivity contribution is 0.0652. The van der Waals surface area contributed by atoms with E-state index in [4.69, 9.17) is 5.73 Å². The van der Waals surface area contributed by atoms with Gasteiger partial charge in [0, 0.05) is 6.04 Å². The van der Waals surface area contributed by atoms with Gasteiger partial charge >= 0.3 is 0 Å². The number of nitrogens with two attached hydrogens (primary N) is 1. The molecular weight excluding hydrogens is 222 g/mol. The van der Waals surface area contributed by atoms with E-state index in [1.54, 1.807) is 0 Å². The zero-order valence-corrected chi connectivity index (χ0v) is 10.6. The zero-order chi connectivity index (χ0) is 13.0. The Labute approximate surface area is 108 Å². The minimum atomic E-state index is -1.02. The van der Waals surface area contributed by atoms with Crippen LogP contribution in [0, 0.1) is 0 Å². The molecule has 0 bridgehead atoms. The fraction of sp³-hybridized carbons (Fsp3) is 0.250. The highest BCUT2D eigenvalue weighted by Gasteiger charge is 2.32. The largest absolute Gasteiger partial charge is 0.380 e. The van der Waals surface area contributed by atoms with Crippen molar-refractivity contribution in [3.05, 3.63) is 71.8 Å². The molecular formula is C16H19NO. The average molecular weight is 241 g/mol. The molecule has 0 fully saturated rings. The standard InChI is InChI=1S/C16H19NO/c1-13(17)12-16(18,14-8-4-2-5-9-14)15-10-6-3-7-11-15/h2-11,13,18H,12,17H2,1H3/t13-/m0/s1. The number of rotatable bonds is 4. The highest BCUT2D eigenvalue weighted by molar-refractivity contribution is 5.36. The number of hydrogen-bond acceptors (Lipinski definition) is 2. The van der Waals surface area contributed by atoms with Crippen LogP contribution in [0.1, 0.15) is 24.5 Å². The normalized spacial score (nSPS) is 13.3. The maximum Gasteiger partial charge on any atom is 0.116 e. The van der Waals surface area contributed by atoms with Crippen molar-refractivity contribution in [3.63, 3.8) is 0 Å². The lowest BCUT2D eigenvalue weighted by Crippen LogP contribution is -2.34. The van der Waals surface area contributed by atoms with E-state index in [-0.39, 0.29) is 6.04 Å². The lowest BCUT2D eigenvalue weighted by atomic mass is 9.82. The summed E-state index contributed by atoms with van der Waals surface area (Å²) in [7, 11) is 0. The van der Waals surface area contributed by atoms with Crippen LogP contribution in [0.3, 0.4) is 0 Å². The smallest absolute Gasteiger partial charge is 0.116 e. The highest BCUT2D eigenvalue weighted by Crippen LogP contribution is 2.33. The highest BCUT2D eigenvalue weighted by atomic mass is 16.3. The summed E-state index contributed by atoms with van der Waals surface area (Å²) in [4.78, 5) is 0. The number of benzene rings is 2. The van der Waals surface area contributed by atoms with Crippen LogP contribution in [-0.4, -0.2) is 11.1 Å². The van der Waals surface area contributed by atoms with Crippen molar-refractivity contribution < 1.29 is 5.11 Å². The van der Waals surface area contributed by atoms with E-state index in [2.05, 4.69) is 0 Å². The minimum Gasteiger partial charge on any atom is -0.380 e. The molecule has 0 aromatic heterocycles. The van der Waals surface area contributed by atoms with E-state index in [0.29, 0.717) is 6.42 Å². The molecule has 0 spiro atoms. The van der Waals surface area contributed by atoms with Crippen LogP contribution in [0.5, 0.6) is 0 Å². The van der Waals surface area contributed by atoms with Crippen molar-refractivity contribution >= 4 is 0 Å². The Balaban J connectivity index is 2.48. The molecule has 0 heterocycles. The Kier molecular flexibility index (Phi) is 3.80. The third-order valence-corrected chi connectivity index (χ3v) is 3.12. The fourth-order valence-corrected chi connectivity index (χ4v) is 2.30. The molecule has 0 radical (unpaired) electrons. The number of aliphatic hydroxyl groups is 1. The van der Waals surface area contributed by atoms with Gasteiger partial charge in [-0.25, -0.2) is 0 Å². The van der Waals surface area contributed by atoms with Gasteiger partial charge in [0.2, 0.25) is 0 Å². The third-order valence-electron chi connectivity index (χ3n) is 3.12. The Bertz CT molecular complexity index is 439. The van der Waals surface area contributed by atoms with Crippen LogP contribution in [0.2, 0.25) is 0 Å². The first kappa shape index (κ1) is 12.8. The van der Waals surface area contributed by atoms with Crippen molar-refractivity contribution in [2.75, 3.05) is 0 Å². The van der Waals surface area contributed by atoms with Crippen LogP contribution in [-0.2, 0) is 5.60 Å². The maximum absolute atomic E-state index is 11.0. The molecule has 0 unspecified atom stereocenters. The molecule has 0 saturated carbocycles. The van der Waals surface area contributed by atoms with Crippen molar-refractivity contribution in [2.24, 2.45) is 5.73 Å². The lowest BCUT2D eigenvalue weighted by Gasteiger charge is -2.31. The van der Waals surface area contributed by atoms with Crippen LogP contribution >= 0.6 is 0 Å². The molecule has 1 atom stereocenters. The summed E-state index contributed by atoms with van der Waals surface area (Å²) < 4.78 is 0. The van der Waals surface area contributed by atoms with Crippen LogP contribution in [0.25, 0.3) is 0 Å². The zero-order valence-electron chi connectivity index (χ0n) is 10.6. The van der Waals surface area contributed by atoms with Gasteiger partial charge in [-0.15, -0.1) is 0 Å². The quantitative estimate of drug-likeness (QED) is 0.864. The summed E-state index contributed by atoms with van der Waals surface area (Å²) >= 11 is 0. The first-order valence-electron chi connectivity index (χ1n) is 6.22. The van der Waals surface area contributed by atoms with Gasteiger partial charge in [0.15, 0.2) is 0 Å². The van der Waals surface area contributed by atoms with Crippen molar-refractivity contribution in [2.45, 2.75) is 25.0 Å². The summed E-state index contributed by atoms with van der Waals surface area (Å²) in [6.45, 7) is 1.91. The van der Waals surface area contributed by atoms with Gasteiger partial charge in [0.05, 0.1) is 0 Å². The number of hydrogen-bond donors (Lipinski definition) is 2. The Morgan fingerprint density at radius 3 is 1.67 bits per heavy atom. The maximum atomic E-state index is 11.0. The second kappa shape index (κ2) is 5.34. The molecule has 0 aliphatic carbocycles. The van der Waals surface area contributed by atoms with Crippen LogP contribution in [0.4, 0.5) is 0 Å². The first-order chi connectivity index (χ1) is 8.63. The topological polar surface area (TPSA) is 46.2 Å². The minimum absolute atomic E-state index is 0.0737. The van der Waals surface area contributed by atoms with E-state index in [9.17, 15) is 5.11 Å². The summed E-state index contributed by atoms with van der Waals surface area (Å²) in [5.74, 6) is 0. The monoisotopic (exact) mass is 241 g/mol. The van der Waals surface area contributed by atoms with E-state index < -0.39 is 5.60 Å². The molecule has 0 amide bonds. The molecule has 0 aliphatic heterocycles. The molecule has 2 rings (SSSR count). The Hall–Kier alpha value is -1.64. The predicted molar refractivity (Wildman–Crippen MR) is 74.1 cm³/mol. The molecule has 94 valence electrons. The van der Waals surface area contributed by atoms with Gasteiger partial charge in [-0.2, -0.15) is 0 Å². The average Bonchev–Trinajstić information content (AvgIpc) is 2.40. The first-order valence-corrected chi connectivity index (χ1v) is 6.22. The fourth-order valence-electron chi connectivity index (χ4n) is 2.30. The molecule has 18 heavy (non-hydrogen) atoms. The van der Waals surface area contributed by atoms with Crippen LogP contribution in [0.15, 0.2) is 60.7 Å².